The zero-order valence-corrected chi connectivity index (χ0v) is 24.3. The minimum atomic E-state index is 0.161. The molecule has 5 nitrogen and oxygen atoms in total. The Morgan fingerprint density at radius 3 is 2.58 bits per heavy atom. The Balaban J connectivity index is 1.24. The van der Waals surface area contributed by atoms with Crippen LogP contribution in [0.1, 0.15) is 86.6 Å². The number of fused-ring (bicyclic) bond motifs is 1. The van der Waals surface area contributed by atoms with Crippen LogP contribution in [0.4, 0.5) is 0 Å². The summed E-state index contributed by atoms with van der Waals surface area (Å²) in [5.74, 6) is 1.96. The summed E-state index contributed by atoms with van der Waals surface area (Å²) in [4.78, 5) is 23.0. The summed E-state index contributed by atoms with van der Waals surface area (Å²) in [6.07, 6.45) is 5.87. The topological polar surface area (TPSA) is 54.5 Å². The van der Waals surface area contributed by atoms with Gasteiger partial charge in [-0.15, -0.1) is 11.3 Å². The van der Waals surface area contributed by atoms with Crippen LogP contribution in [0.5, 0.6) is 5.88 Å². The summed E-state index contributed by atoms with van der Waals surface area (Å²) in [5.41, 5.74) is 6.59. The van der Waals surface area contributed by atoms with Gasteiger partial charge in [-0.2, -0.15) is 0 Å². The summed E-state index contributed by atoms with van der Waals surface area (Å²) < 4.78 is 5.57. The maximum absolute atomic E-state index is 13.7. The second-order valence-corrected chi connectivity index (χ2v) is 12.3. The van der Waals surface area contributed by atoms with Crippen molar-refractivity contribution in [3.8, 4) is 5.88 Å². The van der Waals surface area contributed by atoms with Gasteiger partial charge in [-0.3, -0.25) is 4.79 Å². The third-order valence-corrected chi connectivity index (χ3v) is 10.2. The van der Waals surface area contributed by atoms with Crippen molar-refractivity contribution in [3.63, 3.8) is 0 Å². The summed E-state index contributed by atoms with van der Waals surface area (Å²) in [5, 5.41) is 3.77. The number of hydrogen-bond donors (Lipinski definition) is 1. The number of carbonyl (C=O) groups excluding carboxylic acids is 1. The molecule has 38 heavy (non-hydrogen) atoms. The van der Waals surface area contributed by atoms with Gasteiger partial charge in [0.1, 0.15) is 0 Å². The third kappa shape index (κ3) is 5.52. The van der Waals surface area contributed by atoms with Gasteiger partial charge in [-0.1, -0.05) is 37.3 Å². The first-order valence-electron chi connectivity index (χ1n) is 14.1. The van der Waals surface area contributed by atoms with Gasteiger partial charge < -0.3 is 15.0 Å². The van der Waals surface area contributed by atoms with Crippen LogP contribution in [0.15, 0.2) is 36.4 Å². The lowest BCUT2D eigenvalue weighted by Gasteiger charge is -2.33. The molecule has 0 spiro atoms. The predicted molar refractivity (Wildman–Crippen MR) is 155 cm³/mol. The normalized spacial score (nSPS) is 20.3. The van der Waals surface area contributed by atoms with E-state index in [4.69, 9.17) is 4.74 Å². The van der Waals surface area contributed by atoms with Crippen LogP contribution < -0.4 is 10.1 Å². The van der Waals surface area contributed by atoms with Gasteiger partial charge in [0.25, 0.3) is 5.91 Å². The van der Waals surface area contributed by atoms with E-state index < -0.39 is 0 Å². The Hall–Kier alpha value is -2.70. The van der Waals surface area contributed by atoms with Gasteiger partial charge >= 0.3 is 0 Å². The third-order valence-electron chi connectivity index (χ3n) is 8.68. The highest BCUT2D eigenvalue weighted by atomic mass is 32.1. The summed E-state index contributed by atoms with van der Waals surface area (Å²) in [7, 11) is 1.66. The molecule has 1 unspecified atom stereocenters. The molecule has 202 valence electrons. The molecule has 0 bridgehead atoms. The van der Waals surface area contributed by atoms with Crippen molar-refractivity contribution >= 4 is 17.2 Å². The smallest absolute Gasteiger partial charge is 0.255 e. The number of thiophene rings is 1. The Kier molecular flexibility index (Phi) is 8.20. The van der Waals surface area contributed by atoms with E-state index >= 15 is 0 Å². The second-order valence-electron chi connectivity index (χ2n) is 11.2. The molecule has 1 aliphatic carbocycles. The Morgan fingerprint density at radius 2 is 1.87 bits per heavy atom. The maximum atomic E-state index is 13.7. The number of nitrogens with one attached hydrogen (secondary N) is 1. The van der Waals surface area contributed by atoms with Crippen molar-refractivity contribution in [2.45, 2.75) is 84.8 Å². The molecule has 3 heterocycles. The van der Waals surface area contributed by atoms with Crippen LogP contribution in [0.25, 0.3) is 0 Å². The second kappa shape index (κ2) is 11.6. The number of carbonyl (C=O) groups is 1. The lowest BCUT2D eigenvalue weighted by atomic mass is 9.77. The summed E-state index contributed by atoms with van der Waals surface area (Å²) >= 11 is 1.90. The standard InChI is InChI=1S/C32H41N3O2S/c1-20-17-21(2)34-31(37-5)27(20)19-35-16-15-28-29(32(35)36)23(4)30(38-28)22(3)25-11-13-26(14-12-25)33-18-24-9-7-6-8-10-24/h6-10,17,22,25-26,33H,11-16,18-19H2,1-5H3. The minimum absolute atomic E-state index is 0.161. The lowest BCUT2D eigenvalue weighted by molar-refractivity contribution is 0.0726. The quantitative estimate of drug-likeness (QED) is 0.350. The number of rotatable bonds is 8. The van der Waals surface area contributed by atoms with E-state index in [1.807, 2.05) is 23.2 Å². The number of benzene rings is 1. The van der Waals surface area contributed by atoms with Crippen molar-refractivity contribution in [2.75, 3.05) is 13.7 Å². The largest absolute Gasteiger partial charge is 0.481 e. The van der Waals surface area contributed by atoms with E-state index in [2.05, 4.69) is 67.5 Å². The van der Waals surface area contributed by atoms with E-state index in [0.717, 1.165) is 41.9 Å². The molecule has 0 saturated heterocycles. The molecule has 5 rings (SSSR count). The molecule has 1 N–H and O–H groups in total. The number of nitrogens with zero attached hydrogens (tertiary/aromatic N) is 2. The molecular formula is C32H41N3O2S. The van der Waals surface area contributed by atoms with Crippen molar-refractivity contribution in [1.29, 1.82) is 0 Å². The first-order valence-corrected chi connectivity index (χ1v) is 14.9. The first-order chi connectivity index (χ1) is 18.4. The fraction of sp³-hybridized carbons (Fsp3) is 0.500. The zero-order valence-electron chi connectivity index (χ0n) is 23.5. The molecule has 1 saturated carbocycles. The van der Waals surface area contributed by atoms with Gasteiger partial charge in [0.05, 0.1) is 19.2 Å². The van der Waals surface area contributed by atoms with Crippen molar-refractivity contribution in [1.82, 2.24) is 15.2 Å². The van der Waals surface area contributed by atoms with Crippen LogP contribution in [0.3, 0.4) is 0 Å². The lowest BCUT2D eigenvalue weighted by Crippen LogP contribution is -2.37. The van der Waals surface area contributed by atoms with Gasteiger partial charge in [0.15, 0.2) is 0 Å². The molecule has 2 aliphatic rings. The Morgan fingerprint density at radius 1 is 1.13 bits per heavy atom. The number of pyridine rings is 1. The van der Waals surface area contributed by atoms with Gasteiger partial charge in [0.2, 0.25) is 5.88 Å². The molecule has 2 aromatic heterocycles. The highest BCUT2D eigenvalue weighted by molar-refractivity contribution is 7.12. The van der Waals surface area contributed by atoms with Crippen LogP contribution in [0, 0.1) is 26.7 Å². The van der Waals surface area contributed by atoms with E-state index in [1.54, 1.807) is 7.11 Å². The molecule has 1 atom stereocenters. The van der Waals surface area contributed by atoms with E-state index in [9.17, 15) is 4.79 Å². The number of hydrogen-bond acceptors (Lipinski definition) is 5. The predicted octanol–water partition coefficient (Wildman–Crippen LogP) is 6.73. The van der Waals surface area contributed by atoms with Gasteiger partial charge in [-0.05, 0) is 81.0 Å². The average molecular weight is 532 g/mol. The minimum Gasteiger partial charge on any atom is -0.481 e. The van der Waals surface area contributed by atoms with Crippen LogP contribution >= 0.6 is 11.3 Å². The summed E-state index contributed by atoms with van der Waals surface area (Å²) in [6.45, 7) is 10.9. The monoisotopic (exact) mass is 531 g/mol. The molecule has 1 aliphatic heterocycles. The van der Waals surface area contributed by atoms with Crippen LogP contribution in [-0.4, -0.2) is 35.5 Å². The Bertz CT molecular complexity index is 1280. The van der Waals surface area contributed by atoms with Crippen molar-refractivity contribution in [3.05, 3.63) is 79.7 Å². The van der Waals surface area contributed by atoms with Gasteiger partial charge in [-0.25, -0.2) is 4.98 Å². The average Bonchev–Trinajstić information content (AvgIpc) is 3.27. The SMILES string of the molecule is COc1nc(C)cc(C)c1CN1CCc2sc(C(C)C3CCC(NCc4ccccc4)CC3)c(C)c2C1=O. The maximum Gasteiger partial charge on any atom is 0.255 e. The first kappa shape index (κ1) is 26.9. The van der Waals surface area contributed by atoms with E-state index in [1.165, 1.54) is 46.6 Å². The van der Waals surface area contributed by atoms with Crippen LogP contribution in [0.2, 0.25) is 0 Å². The van der Waals surface area contributed by atoms with Crippen molar-refractivity contribution in [2.24, 2.45) is 5.92 Å². The Labute approximate surface area is 231 Å². The molecule has 3 aromatic rings. The summed E-state index contributed by atoms with van der Waals surface area (Å²) in [6, 6.07) is 13.4. The highest BCUT2D eigenvalue weighted by Crippen LogP contribution is 2.43. The number of methoxy groups -OCH3 is 1. The molecule has 1 fully saturated rings. The van der Waals surface area contributed by atoms with E-state index in [-0.39, 0.29) is 5.91 Å². The van der Waals surface area contributed by atoms with Crippen molar-refractivity contribution < 1.29 is 9.53 Å². The number of amides is 1. The van der Waals surface area contributed by atoms with Gasteiger partial charge in [0, 0.05) is 46.6 Å². The fourth-order valence-corrected chi connectivity index (χ4v) is 7.84. The number of ether oxygens (including phenoxy) is 1. The fourth-order valence-electron chi connectivity index (χ4n) is 6.41. The zero-order chi connectivity index (χ0) is 26.8. The molecule has 1 amide bonds. The van der Waals surface area contributed by atoms with E-state index in [0.29, 0.717) is 30.3 Å². The molecule has 0 radical (unpaired) electrons. The van der Waals surface area contributed by atoms with Crippen LogP contribution in [-0.2, 0) is 19.5 Å². The molecule has 1 aromatic carbocycles. The molecular weight excluding hydrogens is 490 g/mol. The highest BCUT2D eigenvalue weighted by Gasteiger charge is 2.34. The molecule has 6 heteroatoms. The number of aryl methyl sites for hydroxylation is 2. The number of aromatic nitrogens is 1.